The van der Waals surface area contributed by atoms with Crippen LogP contribution in [0.25, 0.3) is 5.32 Å². The third kappa shape index (κ3) is 11.7. The molecule has 41 heavy (non-hydrogen) atoms. The molecular weight excluding hydrogens is 533 g/mol. The van der Waals surface area contributed by atoms with Gasteiger partial charge in [-0.3, -0.25) is 9.59 Å². The summed E-state index contributed by atoms with van der Waals surface area (Å²) < 4.78 is 16.4. The molecule has 0 spiro atoms. The summed E-state index contributed by atoms with van der Waals surface area (Å²) in [6, 6.07) is 11.2. The molecule has 2 aromatic carbocycles. The number of amides is 1. The number of unbranched alkanes of at least 4 members (excludes halogenated alkanes) is 2. The van der Waals surface area contributed by atoms with Crippen LogP contribution in [0.2, 0.25) is 0 Å². The van der Waals surface area contributed by atoms with Crippen molar-refractivity contribution < 1.29 is 63.3 Å². The van der Waals surface area contributed by atoms with Crippen molar-refractivity contribution in [1.82, 2.24) is 0 Å². The second-order valence-corrected chi connectivity index (χ2v) is 11.1. The van der Waals surface area contributed by atoms with Crippen molar-refractivity contribution in [1.29, 1.82) is 0 Å². The maximum Gasteiger partial charge on any atom is 1.00 e. The largest absolute Gasteiger partial charge is 1.00 e. The van der Waals surface area contributed by atoms with Crippen LogP contribution in [0.4, 0.5) is 5.69 Å². The number of esters is 1. The fraction of sp³-hybridized carbons (Fsp3) is 0.531. The van der Waals surface area contributed by atoms with Gasteiger partial charge in [0, 0.05) is 6.07 Å². The molecule has 0 bridgehead atoms. The monoisotopic (exact) mass is 577 g/mol. The van der Waals surface area contributed by atoms with Gasteiger partial charge in [-0.15, -0.1) is 5.69 Å². The summed E-state index contributed by atoms with van der Waals surface area (Å²) in [4.78, 5) is 36.3. The first kappa shape index (κ1) is 36.5. The summed E-state index contributed by atoms with van der Waals surface area (Å²) in [5.41, 5.74) is 2.80. The smallest absolute Gasteiger partial charge is 0.627 e. The number of carboxylic acids is 1. The second kappa shape index (κ2) is 17.4. The van der Waals surface area contributed by atoms with Crippen molar-refractivity contribution >= 4 is 23.5 Å². The van der Waals surface area contributed by atoms with Crippen LogP contribution in [0.3, 0.4) is 0 Å². The van der Waals surface area contributed by atoms with E-state index in [-0.39, 0.29) is 66.1 Å². The Bertz CT molecular complexity index is 1160. The van der Waals surface area contributed by atoms with E-state index in [0.717, 1.165) is 36.8 Å². The zero-order valence-electron chi connectivity index (χ0n) is 25.9. The maximum absolute atomic E-state index is 13.5. The van der Waals surface area contributed by atoms with Crippen molar-refractivity contribution in [2.24, 2.45) is 0 Å². The molecule has 1 N–H and O–H groups in total. The van der Waals surface area contributed by atoms with E-state index in [0.29, 0.717) is 22.7 Å². The van der Waals surface area contributed by atoms with Crippen molar-refractivity contribution in [2.45, 2.75) is 97.0 Å². The minimum atomic E-state index is -1.06. The van der Waals surface area contributed by atoms with E-state index in [1.54, 1.807) is 27.2 Å². The first-order chi connectivity index (χ1) is 18.9. The van der Waals surface area contributed by atoms with Gasteiger partial charge in [-0.05, 0) is 48.3 Å². The maximum atomic E-state index is 13.5. The van der Waals surface area contributed by atoms with Gasteiger partial charge in [-0.1, -0.05) is 76.8 Å². The van der Waals surface area contributed by atoms with E-state index >= 15 is 0 Å². The van der Waals surface area contributed by atoms with Gasteiger partial charge in [0.25, 0.3) is 0 Å². The van der Waals surface area contributed by atoms with E-state index in [9.17, 15) is 14.4 Å². The van der Waals surface area contributed by atoms with Crippen LogP contribution in [0, 0.1) is 0 Å². The predicted octanol–water partition coefficient (Wildman–Crippen LogP) is 4.76. The number of hydrogen-bond donors (Lipinski definition) is 1. The molecule has 0 aliphatic carbocycles. The SMILES string of the molecule is CCCCCC(CC(=O)[N-]c1cc(C(C)OC(=O)CCC(=O)O)ccc1C(C)(C)C)c1ccc(OC)cc1OC.[Na+]. The van der Waals surface area contributed by atoms with E-state index in [2.05, 4.69) is 33.0 Å². The van der Waals surface area contributed by atoms with Crippen LogP contribution in [0.15, 0.2) is 36.4 Å². The second-order valence-electron chi connectivity index (χ2n) is 11.1. The van der Waals surface area contributed by atoms with Gasteiger partial charge in [0.2, 0.25) is 0 Å². The van der Waals surface area contributed by atoms with Crippen LogP contribution >= 0.6 is 0 Å². The Labute approximate surface area is 266 Å². The minimum Gasteiger partial charge on any atom is -0.627 e. The summed E-state index contributed by atoms with van der Waals surface area (Å²) in [5, 5.41) is 13.4. The van der Waals surface area contributed by atoms with Gasteiger partial charge < -0.3 is 29.4 Å². The molecule has 0 saturated carbocycles. The number of methoxy groups -OCH3 is 2. The van der Waals surface area contributed by atoms with Crippen LogP contribution in [0.5, 0.6) is 11.5 Å². The van der Waals surface area contributed by atoms with E-state index in [1.807, 2.05) is 30.3 Å². The summed E-state index contributed by atoms with van der Waals surface area (Å²) in [6.07, 6.45) is 3.06. The van der Waals surface area contributed by atoms with E-state index in [4.69, 9.17) is 19.3 Å². The molecule has 0 fully saturated rings. The molecule has 0 heterocycles. The number of ether oxygens (including phenoxy) is 3. The zero-order chi connectivity index (χ0) is 29.9. The number of carbonyl (C=O) groups is 3. The first-order valence-electron chi connectivity index (χ1n) is 13.9. The van der Waals surface area contributed by atoms with E-state index in [1.165, 1.54) is 0 Å². The number of rotatable bonds is 15. The number of hydrogen-bond acceptors (Lipinski definition) is 6. The van der Waals surface area contributed by atoms with Crippen LogP contribution < -0.4 is 39.0 Å². The Hall–Kier alpha value is -2.55. The number of benzene rings is 2. The number of nitrogens with zero attached hydrogens (tertiary/aromatic N) is 1. The molecule has 8 nitrogen and oxygen atoms in total. The van der Waals surface area contributed by atoms with Gasteiger partial charge in [0.15, 0.2) is 0 Å². The molecule has 0 aliphatic rings. The van der Waals surface area contributed by atoms with Crippen molar-refractivity contribution in [3.63, 3.8) is 0 Å². The molecule has 2 atom stereocenters. The normalized spacial score (nSPS) is 12.5. The van der Waals surface area contributed by atoms with Gasteiger partial charge in [0.05, 0.1) is 33.0 Å². The Kier molecular flexibility index (Phi) is 15.5. The van der Waals surface area contributed by atoms with Crippen LogP contribution in [0.1, 0.15) is 108 Å². The van der Waals surface area contributed by atoms with Gasteiger partial charge in [0.1, 0.15) is 17.6 Å². The Morgan fingerprint density at radius 3 is 2.27 bits per heavy atom. The number of aliphatic carboxylic acids is 1. The summed E-state index contributed by atoms with van der Waals surface area (Å²) >= 11 is 0. The molecule has 220 valence electrons. The van der Waals surface area contributed by atoms with Gasteiger partial charge in [-0.25, -0.2) is 0 Å². The van der Waals surface area contributed by atoms with Crippen molar-refractivity contribution in [3.05, 3.63) is 58.4 Å². The summed E-state index contributed by atoms with van der Waals surface area (Å²) in [5.74, 6) is -0.586. The molecule has 2 unspecified atom stereocenters. The zero-order valence-corrected chi connectivity index (χ0v) is 27.9. The Morgan fingerprint density at radius 2 is 1.68 bits per heavy atom. The topological polar surface area (TPSA) is 113 Å². The van der Waals surface area contributed by atoms with Gasteiger partial charge >= 0.3 is 41.5 Å². The molecule has 0 saturated heterocycles. The number of carboxylic acid groups (broad SMARTS) is 1. The van der Waals surface area contributed by atoms with Gasteiger partial charge in [-0.2, -0.15) is 0 Å². The predicted molar refractivity (Wildman–Crippen MR) is 156 cm³/mol. The molecule has 0 aliphatic heterocycles. The average molecular weight is 578 g/mol. The first-order valence-corrected chi connectivity index (χ1v) is 13.9. The average Bonchev–Trinajstić information content (AvgIpc) is 2.90. The molecule has 2 aromatic rings. The van der Waals surface area contributed by atoms with Crippen molar-refractivity contribution in [2.75, 3.05) is 14.2 Å². The fourth-order valence-electron chi connectivity index (χ4n) is 4.62. The third-order valence-electron chi connectivity index (χ3n) is 6.85. The quantitative estimate of drug-likeness (QED) is 0.184. The Morgan fingerprint density at radius 1 is 0.976 bits per heavy atom. The van der Waals surface area contributed by atoms with Crippen molar-refractivity contribution in [3.8, 4) is 11.5 Å². The molecular formula is C32H44NNaO7. The molecule has 1 amide bonds. The summed E-state index contributed by atoms with van der Waals surface area (Å²) in [6.45, 7) is 10.0. The molecule has 2 rings (SSSR count). The van der Waals surface area contributed by atoms with Crippen LogP contribution in [-0.2, 0) is 24.5 Å². The minimum absolute atomic E-state index is 0. The molecule has 0 aromatic heterocycles. The fourth-order valence-corrected chi connectivity index (χ4v) is 4.62. The summed E-state index contributed by atoms with van der Waals surface area (Å²) in [7, 11) is 3.22. The Balaban J connectivity index is 0.00000840. The number of carbonyl (C=O) groups excluding carboxylic acids is 2. The third-order valence-corrected chi connectivity index (χ3v) is 6.85. The molecule has 0 radical (unpaired) electrons. The van der Waals surface area contributed by atoms with E-state index < -0.39 is 18.0 Å². The standard InChI is InChI=1S/C32H45NO7.Na/c1-8-9-10-11-23(25-14-13-24(38-6)20-28(25)39-7)19-29(34)33-27-18-22(12-15-26(27)32(3,4)5)21(2)40-31(37)17-16-30(35)36;/h12-15,18,20-21,23H,8-11,16-17,19H2,1-7H3,(H2,33,34,35,36);/q;+1/p-1. The van der Waals surface area contributed by atoms with Crippen LogP contribution in [-0.4, -0.2) is 37.2 Å². The molecule has 9 heteroatoms.